The molecule has 0 saturated heterocycles. The van der Waals surface area contributed by atoms with Gasteiger partial charge in [0.15, 0.2) is 11.1 Å². The highest BCUT2D eigenvalue weighted by Crippen LogP contribution is 1.98. The lowest BCUT2D eigenvalue weighted by Crippen LogP contribution is -2.40. The Balaban J connectivity index is 2.35. The van der Waals surface area contributed by atoms with E-state index in [0.29, 0.717) is 6.54 Å². The molecule has 5 N–H and O–H groups in total. The van der Waals surface area contributed by atoms with Crippen molar-refractivity contribution in [3.8, 4) is 0 Å². The van der Waals surface area contributed by atoms with Crippen LogP contribution in [0.25, 0.3) is 0 Å². The molecule has 1 aromatic rings. The van der Waals surface area contributed by atoms with Gasteiger partial charge < -0.3 is 16.8 Å². The van der Waals surface area contributed by atoms with E-state index < -0.39 is 0 Å². The lowest BCUT2D eigenvalue weighted by molar-refractivity contribution is 0.956. The molecule has 1 rings (SSSR count). The zero-order valence-electron chi connectivity index (χ0n) is 8.31. The fourth-order valence-electron chi connectivity index (χ4n) is 1.12. The average molecular weight is 222 g/mol. The summed E-state index contributed by atoms with van der Waals surface area (Å²) in [6.45, 7) is 0.617. The molecule has 0 heterocycles. The molecule has 0 aliphatic rings. The Hall–Kier alpha value is -1.62. The van der Waals surface area contributed by atoms with Crippen molar-refractivity contribution in [2.45, 2.75) is 6.42 Å². The van der Waals surface area contributed by atoms with Crippen LogP contribution in [0.4, 0.5) is 0 Å². The highest BCUT2D eigenvalue weighted by Gasteiger charge is 1.93. The molecule has 15 heavy (non-hydrogen) atoms. The van der Waals surface area contributed by atoms with Crippen LogP contribution in [-0.2, 0) is 6.42 Å². The van der Waals surface area contributed by atoms with Crippen LogP contribution in [0.5, 0.6) is 0 Å². The summed E-state index contributed by atoms with van der Waals surface area (Å²) >= 11 is 4.62. The normalized spacial score (nSPS) is 11.1. The Bertz CT molecular complexity index is 348. The standard InChI is InChI=1S/C10H14N4S/c11-9(14-10(12)15)13-7-6-8-4-2-1-3-5-8/h1-5H,6-7H2,(H5,11,12,13,14,15). The van der Waals surface area contributed by atoms with E-state index in [4.69, 9.17) is 11.5 Å². The van der Waals surface area contributed by atoms with Crippen molar-refractivity contribution < 1.29 is 0 Å². The summed E-state index contributed by atoms with van der Waals surface area (Å²) in [5.41, 5.74) is 12.0. The first-order valence-corrected chi connectivity index (χ1v) is 4.99. The minimum atomic E-state index is 0.135. The lowest BCUT2D eigenvalue weighted by atomic mass is 10.2. The zero-order chi connectivity index (χ0) is 11.1. The van der Waals surface area contributed by atoms with Gasteiger partial charge in [-0.2, -0.15) is 0 Å². The number of thiocarbonyl (C=S) groups is 1. The van der Waals surface area contributed by atoms with E-state index >= 15 is 0 Å². The average Bonchev–Trinajstić information content (AvgIpc) is 2.18. The Morgan fingerprint density at radius 2 is 1.93 bits per heavy atom. The van der Waals surface area contributed by atoms with Gasteiger partial charge in [-0.25, -0.2) is 0 Å². The molecular weight excluding hydrogens is 208 g/mol. The van der Waals surface area contributed by atoms with Crippen molar-refractivity contribution in [2.24, 2.45) is 16.5 Å². The van der Waals surface area contributed by atoms with E-state index in [1.807, 2.05) is 30.3 Å². The number of hydrogen-bond acceptors (Lipinski definition) is 2. The number of aliphatic imine (C=N–C) groups is 1. The summed E-state index contributed by atoms with van der Waals surface area (Å²) in [5.74, 6) is 0.262. The topological polar surface area (TPSA) is 76.4 Å². The zero-order valence-corrected chi connectivity index (χ0v) is 9.13. The minimum absolute atomic E-state index is 0.135. The van der Waals surface area contributed by atoms with Crippen LogP contribution in [-0.4, -0.2) is 17.6 Å². The van der Waals surface area contributed by atoms with Gasteiger partial charge in [-0.05, 0) is 24.2 Å². The Kier molecular flexibility index (Phi) is 4.56. The maximum atomic E-state index is 5.51. The van der Waals surface area contributed by atoms with E-state index in [9.17, 15) is 0 Å². The van der Waals surface area contributed by atoms with Crippen LogP contribution in [0.3, 0.4) is 0 Å². The summed E-state index contributed by atoms with van der Waals surface area (Å²) in [6, 6.07) is 10.1. The highest BCUT2D eigenvalue weighted by atomic mass is 32.1. The second kappa shape index (κ2) is 5.98. The van der Waals surface area contributed by atoms with Gasteiger partial charge >= 0.3 is 0 Å². The first-order valence-electron chi connectivity index (χ1n) is 4.59. The van der Waals surface area contributed by atoms with Crippen LogP contribution < -0.4 is 16.8 Å². The van der Waals surface area contributed by atoms with Crippen LogP contribution in [0.15, 0.2) is 35.3 Å². The molecule has 0 fully saturated rings. The van der Waals surface area contributed by atoms with Crippen molar-refractivity contribution >= 4 is 23.3 Å². The molecule has 0 atom stereocenters. The van der Waals surface area contributed by atoms with Crippen molar-refractivity contribution in [3.63, 3.8) is 0 Å². The predicted molar refractivity (Wildman–Crippen MR) is 66.6 cm³/mol. The van der Waals surface area contributed by atoms with Crippen LogP contribution >= 0.6 is 12.2 Å². The van der Waals surface area contributed by atoms with E-state index in [1.165, 1.54) is 5.56 Å². The van der Waals surface area contributed by atoms with Gasteiger partial charge in [0.2, 0.25) is 0 Å². The van der Waals surface area contributed by atoms with Gasteiger partial charge in [0.05, 0.1) is 0 Å². The third-order valence-corrected chi connectivity index (χ3v) is 1.88. The predicted octanol–water partition coefficient (Wildman–Crippen LogP) is 0.377. The highest BCUT2D eigenvalue weighted by molar-refractivity contribution is 7.80. The largest absolute Gasteiger partial charge is 0.376 e. The fourth-order valence-corrected chi connectivity index (χ4v) is 1.22. The van der Waals surface area contributed by atoms with E-state index in [-0.39, 0.29) is 11.1 Å². The Labute approximate surface area is 94.4 Å². The number of nitrogens with two attached hydrogens (primary N) is 2. The smallest absolute Gasteiger partial charge is 0.194 e. The summed E-state index contributed by atoms with van der Waals surface area (Å²) in [7, 11) is 0. The number of guanidine groups is 1. The number of hydrogen-bond donors (Lipinski definition) is 3. The number of rotatable bonds is 3. The summed E-state index contributed by atoms with van der Waals surface area (Å²) in [4.78, 5) is 4.08. The second-order valence-electron chi connectivity index (χ2n) is 2.99. The molecule has 0 amide bonds. The van der Waals surface area contributed by atoms with Crippen molar-refractivity contribution in [2.75, 3.05) is 6.54 Å². The van der Waals surface area contributed by atoms with E-state index in [2.05, 4.69) is 22.5 Å². The molecule has 1 aromatic carbocycles. The van der Waals surface area contributed by atoms with Crippen molar-refractivity contribution in [1.29, 1.82) is 0 Å². The molecule has 5 heteroatoms. The van der Waals surface area contributed by atoms with Crippen LogP contribution in [0, 0.1) is 0 Å². The van der Waals surface area contributed by atoms with Crippen molar-refractivity contribution in [1.82, 2.24) is 5.32 Å². The number of nitrogens with zero attached hydrogens (tertiary/aromatic N) is 1. The molecular formula is C10H14N4S. The minimum Gasteiger partial charge on any atom is -0.376 e. The van der Waals surface area contributed by atoms with E-state index in [0.717, 1.165) is 6.42 Å². The third-order valence-electron chi connectivity index (χ3n) is 1.78. The van der Waals surface area contributed by atoms with Crippen LogP contribution in [0.1, 0.15) is 5.56 Å². The monoisotopic (exact) mass is 222 g/mol. The van der Waals surface area contributed by atoms with Crippen molar-refractivity contribution in [3.05, 3.63) is 35.9 Å². The molecule has 80 valence electrons. The summed E-state index contributed by atoms with van der Waals surface area (Å²) in [6.07, 6.45) is 0.848. The Morgan fingerprint density at radius 3 is 2.53 bits per heavy atom. The number of benzene rings is 1. The Morgan fingerprint density at radius 1 is 1.27 bits per heavy atom. The molecule has 0 radical (unpaired) electrons. The van der Waals surface area contributed by atoms with Gasteiger partial charge in [0, 0.05) is 6.54 Å². The molecule has 0 spiro atoms. The maximum absolute atomic E-state index is 5.51. The van der Waals surface area contributed by atoms with Gasteiger partial charge in [-0.1, -0.05) is 30.3 Å². The fraction of sp³-hybridized carbons (Fsp3) is 0.200. The quantitative estimate of drug-likeness (QED) is 0.392. The molecule has 0 saturated carbocycles. The maximum Gasteiger partial charge on any atom is 0.194 e. The van der Waals surface area contributed by atoms with Gasteiger partial charge in [-0.3, -0.25) is 4.99 Å². The molecule has 0 aromatic heterocycles. The molecule has 0 aliphatic carbocycles. The first kappa shape index (κ1) is 11.5. The lowest BCUT2D eigenvalue weighted by Gasteiger charge is -2.02. The van der Waals surface area contributed by atoms with Gasteiger partial charge in [0.25, 0.3) is 0 Å². The van der Waals surface area contributed by atoms with Crippen LogP contribution in [0.2, 0.25) is 0 Å². The molecule has 0 bridgehead atoms. The summed E-state index contributed by atoms with van der Waals surface area (Å²) in [5, 5.41) is 2.70. The van der Waals surface area contributed by atoms with Gasteiger partial charge in [0.1, 0.15) is 0 Å². The SMILES string of the molecule is NC(=S)NC(N)=NCCc1ccccc1. The van der Waals surface area contributed by atoms with E-state index in [1.54, 1.807) is 0 Å². The molecule has 0 unspecified atom stereocenters. The molecule has 4 nitrogen and oxygen atoms in total. The summed E-state index contributed by atoms with van der Waals surface area (Å²) < 4.78 is 0. The first-order chi connectivity index (χ1) is 7.18. The number of nitrogens with one attached hydrogen (secondary N) is 1. The molecule has 0 aliphatic heterocycles. The second-order valence-corrected chi connectivity index (χ2v) is 3.43. The van der Waals surface area contributed by atoms with Gasteiger partial charge in [-0.15, -0.1) is 0 Å². The third kappa shape index (κ3) is 4.97.